The van der Waals surface area contributed by atoms with Crippen molar-refractivity contribution in [1.29, 1.82) is 0 Å². The van der Waals surface area contributed by atoms with Gasteiger partial charge < -0.3 is 14.5 Å². The summed E-state index contributed by atoms with van der Waals surface area (Å²) < 4.78 is 5.59. The van der Waals surface area contributed by atoms with Crippen LogP contribution in [0.15, 0.2) is 54.6 Å². The minimum atomic E-state index is 0.0728. The molecule has 2 atom stereocenters. The maximum Gasteiger partial charge on any atom is 0.253 e. The Labute approximate surface area is 172 Å². The Morgan fingerprint density at radius 2 is 1.52 bits per heavy atom. The largest absolute Gasteiger partial charge is 0.494 e. The number of nitrogens with zero attached hydrogens (tertiary/aromatic N) is 2. The number of hydrogen-bond acceptors (Lipinski definition) is 3. The van der Waals surface area contributed by atoms with Gasteiger partial charge in [0, 0.05) is 43.6 Å². The minimum Gasteiger partial charge on any atom is -0.494 e. The van der Waals surface area contributed by atoms with E-state index in [0.717, 1.165) is 43.9 Å². The molecule has 2 aromatic carbocycles. The predicted molar refractivity (Wildman–Crippen MR) is 112 cm³/mol. The van der Waals surface area contributed by atoms with Crippen LogP contribution in [0.1, 0.15) is 29.3 Å². The van der Waals surface area contributed by atoms with Crippen LogP contribution in [0.5, 0.6) is 5.75 Å². The van der Waals surface area contributed by atoms with Crippen LogP contribution >= 0.6 is 0 Å². The zero-order valence-corrected chi connectivity index (χ0v) is 16.9. The second-order valence-electron chi connectivity index (χ2n) is 8.06. The summed E-state index contributed by atoms with van der Waals surface area (Å²) in [5.74, 6) is 1.82. The first kappa shape index (κ1) is 19.5. The van der Waals surface area contributed by atoms with E-state index < -0.39 is 0 Å². The summed E-state index contributed by atoms with van der Waals surface area (Å²) in [6.45, 7) is 5.72. The molecule has 2 aliphatic heterocycles. The monoisotopic (exact) mass is 392 g/mol. The lowest BCUT2D eigenvalue weighted by Crippen LogP contribution is -2.36. The van der Waals surface area contributed by atoms with E-state index >= 15 is 0 Å². The third kappa shape index (κ3) is 4.44. The Morgan fingerprint density at radius 3 is 2.14 bits per heavy atom. The first-order chi connectivity index (χ1) is 14.1. The van der Waals surface area contributed by atoms with E-state index in [4.69, 9.17) is 4.74 Å². The maximum atomic E-state index is 12.9. The van der Waals surface area contributed by atoms with Gasteiger partial charge in [-0.3, -0.25) is 9.59 Å². The first-order valence-electron chi connectivity index (χ1n) is 10.5. The molecule has 0 spiro atoms. The van der Waals surface area contributed by atoms with Crippen LogP contribution in [0.3, 0.4) is 0 Å². The molecule has 5 nitrogen and oxygen atoms in total. The van der Waals surface area contributed by atoms with Crippen LogP contribution in [0.4, 0.5) is 0 Å². The lowest BCUT2D eigenvalue weighted by molar-refractivity contribution is -0.129. The van der Waals surface area contributed by atoms with E-state index in [1.807, 2.05) is 64.4 Å². The van der Waals surface area contributed by atoms with Crippen molar-refractivity contribution in [2.75, 3.05) is 32.8 Å². The molecule has 2 fully saturated rings. The van der Waals surface area contributed by atoms with Crippen molar-refractivity contribution in [3.63, 3.8) is 0 Å². The number of benzene rings is 2. The lowest BCUT2D eigenvalue weighted by atomic mass is 10.0. The quantitative estimate of drug-likeness (QED) is 0.758. The van der Waals surface area contributed by atoms with Crippen molar-refractivity contribution in [2.45, 2.75) is 19.8 Å². The molecule has 4 rings (SSSR count). The van der Waals surface area contributed by atoms with Crippen molar-refractivity contribution >= 4 is 11.8 Å². The summed E-state index contributed by atoms with van der Waals surface area (Å²) >= 11 is 0. The highest BCUT2D eigenvalue weighted by molar-refractivity contribution is 5.94. The molecule has 5 heteroatoms. The number of amides is 2. The Bertz CT molecular complexity index is 836. The van der Waals surface area contributed by atoms with Gasteiger partial charge in [-0.05, 0) is 36.2 Å². The van der Waals surface area contributed by atoms with Gasteiger partial charge in [0.15, 0.2) is 0 Å². The zero-order valence-electron chi connectivity index (χ0n) is 16.9. The third-order valence-corrected chi connectivity index (χ3v) is 5.90. The third-order valence-electron chi connectivity index (χ3n) is 5.90. The molecular formula is C24H28N2O3. The average molecular weight is 392 g/mol. The van der Waals surface area contributed by atoms with Crippen LogP contribution in [0.25, 0.3) is 0 Å². The summed E-state index contributed by atoms with van der Waals surface area (Å²) in [5, 5.41) is 0. The highest BCUT2D eigenvalue weighted by Gasteiger charge is 2.42. The predicted octanol–water partition coefficient (Wildman–Crippen LogP) is 3.25. The number of ether oxygens (including phenoxy) is 1. The number of rotatable bonds is 6. The summed E-state index contributed by atoms with van der Waals surface area (Å²) in [6, 6.07) is 17.3. The fourth-order valence-corrected chi connectivity index (χ4v) is 4.34. The molecule has 2 heterocycles. The van der Waals surface area contributed by atoms with Crippen LogP contribution in [0, 0.1) is 11.8 Å². The molecule has 152 valence electrons. The van der Waals surface area contributed by atoms with Gasteiger partial charge in [0.25, 0.3) is 5.91 Å². The summed E-state index contributed by atoms with van der Waals surface area (Å²) in [5.41, 5.74) is 1.75. The van der Waals surface area contributed by atoms with Gasteiger partial charge in [-0.15, -0.1) is 0 Å². The van der Waals surface area contributed by atoms with Crippen LogP contribution in [-0.2, 0) is 11.2 Å². The topological polar surface area (TPSA) is 49.9 Å². The first-order valence-corrected chi connectivity index (χ1v) is 10.5. The van der Waals surface area contributed by atoms with Crippen LogP contribution in [0.2, 0.25) is 0 Å². The molecule has 0 saturated carbocycles. The highest BCUT2D eigenvalue weighted by Crippen LogP contribution is 2.32. The van der Waals surface area contributed by atoms with Gasteiger partial charge in [0.2, 0.25) is 5.91 Å². The van der Waals surface area contributed by atoms with Gasteiger partial charge >= 0.3 is 0 Å². The molecule has 0 N–H and O–H groups in total. The molecule has 0 radical (unpaired) electrons. The molecule has 0 unspecified atom stereocenters. The van der Waals surface area contributed by atoms with E-state index in [0.29, 0.717) is 30.4 Å². The van der Waals surface area contributed by atoms with Gasteiger partial charge in [0.05, 0.1) is 13.0 Å². The maximum absolute atomic E-state index is 12.9. The molecular weight excluding hydrogens is 364 g/mol. The fraction of sp³-hybridized carbons (Fsp3) is 0.417. The average Bonchev–Trinajstić information content (AvgIpc) is 3.32. The zero-order chi connectivity index (χ0) is 20.2. The van der Waals surface area contributed by atoms with Crippen molar-refractivity contribution in [3.8, 4) is 5.75 Å². The highest BCUT2D eigenvalue weighted by atomic mass is 16.5. The van der Waals surface area contributed by atoms with E-state index in [9.17, 15) is 9.59 Å². The van der Waals surface area contributed by atoms with Crippen molar-refractivity contribution in [1.82, 2.24) is 9.80 Å². The number of fused-ring (bicyclic) bond motifs is 1. The molecule has 2 aromatic rings. The molecule has 0 aromatic heterocycles. The smallest absolute Gasteiger partial charge is 0.253 e. The Hall–Kier alpha value is -2.82. The number of hydrogen-bond donors (Lipinski definition) is 0. The fourth-order valence-electron chi connectivity index (χ4n) is 4.34. The normalized spacial score (nSPS) is 20.6. The van der Waals surface area contributed by atoms with Crippen molar-refractivity contribution < 1.29 is 14.3 Å². The van der Waals surface area contributed by atoms with Gasteiger partial charge in [-0.1, -0.05) is 37.3 Å². The number of carbonyl (C=O) groups excluding carboxylic acids is 2. The van der Waals surface area contributed by atoms with Gasteiger partial charge in [0.1, 0.15) is 5.75 Å². The van der Waals surface area contributed by atoms with Gasteiger partial charge in [-0.25, -0.2) is 0 Å². The standard InChI is InChI=1S/C24H28N2O3/c1-2-12-29-22-10-8-19(9-11-22)24(28)26-16-20-14-25(15-21(20)17-26)23(27)13-18-6-4-3-5-7-18/h3-11,20-21H,2,12-17H2,1H3/t20-,21+. The Balaban J connectivity index is 1.30. The molecule has 2 saturated heterocycles. The molecule has 0 bridgehead atoms. The minimum absolute atomic E-state index is 0.0728. The van der Waals surface area contributed by atoms with Gasteiger partial charge in [-0.2, -0.15) is 0 Å². The van der Waals surface area contributed by atoms with Crippen LogP contribution < -0.4 is 4.74 Å². The van der Waals surface area contributed by atoms with Crippen molar-refractivity contribution in [3.05, 3.63) is 65.7 Å². The number of carbonyl (C=O) groups is 2. The van der Waals surface area contributed by atoms with E-state index in [2.05, 4.69) is 6.92 Å². The van der Waals surface area contributed by atoms with Crippen LogP contribution in [-0.4, -0.2) is 54.4 Å². The lowest BCUT2D eigenvalue weighted by Gasteiger charge is -2.22. The summed E-state index contributed by atoms with van der Waals surface area (Å²) in [4.78, 5) is 29.4. The Kier molecular flexibility index (Phi) is 5.84. The SMILES string of the molecule is CCCOc1ccc(C(=O)N2C[C@H]3CN(C(=O)Cc4ccccc4)C[C@H]3C2)cc1. The molecule has 29 heavy (non-hydrogen) atoms. The van der Waals surface area contributed by atoms with E-state index in [1.54, 1.807) is 0 Å². The van der Waals surface area contributed by atoms with E-state index in [-0.39, 0.29) is 11.8 Å². The van der Waals surface area contributed by atoms with E-state index in [1.165, 1.54) is 0 Å². The molecule has 2 amide bonds. The van der Waals surface area contributed by atoms with Crippen molar-refractivity contribution in [2.24, 2.45) is 11.8 Å². The molecule has 0 aliphatic carbocycles. The Morgan fingerprint density at radius 1 is 0.897 bits per heavy atom. The number of likely N-dealkylation sites (tertiary alicyclic amines) is 2. The molecule has 2 aliphatic rings. The second-order valence-corrected chi connectivity index (χ2v) is 8.06. The second kappa shape index (κ2) is 8.68. The summed E-state index contributed by atoms with van der Waals surface area (Å²) in [6.07, 6.45) is 1.41. The summed E-state index contributed by atoms with van der Waals surface area (Å²) in [7, 11) is 0.